The summed E-state index contributed by atoms with van der Waals surface area (Å²) in [4.78, 5) is 11.4. The zero-order chi connectivity index (χ0) is 10.7. The Kier molecular flexibility index (Phi) is 5.32. The molecule has 86 valence electrons. The van der Waals surface area contributed by atoms with Gasteiger partial charge in [-0.2, -0.15) is 0 Å². The van der Waals surface area contributed by atoms with Crippen LogP contribution in [-0.4, -0.2) is 17.1 Å². The predicted octanol–water partition coefficient (Wildman–Crippen LogP) is 1.39. The largest absolute Gasteiger partial charge is 0.359 e. The van der Waals surface area contributed by atoms with Crippen LogP contribution < -0.4 is 11.1 Å². The smallest absolute Gasteiger partial charge is 0.241 e. The summed E-state index contributed by atoms with van der Waals surface area (Å²) < 4.78 is 4.90. The van der Waals surface area contributed by atoms with Gasteiger partial charge in [0.2, 0.25) is 5.91 Å². The first-order chi connectivity index (χ1) is 6.56. The van der Waals surface area contributed by atoms with Gasteiger partial charge < -0.3 is 15.6 Å². The molecule has 5 nitrogen and oxygen atoms in total. The molecular weight excluding hydrogens is 218 g/mol. The topological polar surface area (TPSA) is 81.2 Å². The van der Waals surface area contributed by atoms with E-state index in [2.05, 4.69) is 10.5 Å². The number of nitrogens with one attached hydrogen (secondary N) is 1. The first-order valence-electron chi connectivity index (χ1n) is 4.55. The second-order valence-electron chi connectivity index (χ2n) is 3.20. The summed E-state index contributed by atoms with van der Waals surface area (Å²) in [5.41, 5.74) is 6.86. The predicted molar refractivity (Wildman–Crippen MR) is 60.1 cm³/mol. The molecule has 1 rings (SSSR count). The van der Waals surface area contributed by atoms with Crippen LogP contribution in [0.5, 0.6) is 0 Å². The summed E-state index contributed by atoms with van der Waals surface area (Å²) in [5, 5.41) is 6.41. The maximum absolute atomic E-state index is 11.4. The van der Waals surface area contributed by atoms with Gasteiger partial charge in [0.15, 0.2) is 5.76 Å². The Morgan fingerprint density at radius 3 is 2.60 bits per heavy atom. The number of hydrogen-bond donors (Lipinski definition) is 2. The van der Waals surface area contributed by atoms with E-state index in [4.69, 9.17) is 10.3 Å². The minimum atomic E-state index is -0.483. The molecule has 0 aliphatic rings. The summed E-state index contributed by atoms with van der Waals surface area (Å²) >= 11 is 0. The van der Waals surface area contributed by atoms with E-state index in [1.165, 1.54) is 0 Å². The molecule has 6 heteroatoms. The van der Waals surface area contributed by atoms with Gasteiger partial charge in [0.05, 0.1) is 6.04 Å². The van der Waals surface area contributed by atoms with Crippen molar-refractivity contribution in [2.45, 2.75) is 33.2 Å². The van der Waals surface area contributed by atoms with Crippen LogP contribution in [-0.2, 0) is 4.79 Å². The van der Waals surface area contributed by atoms with Crippen molar-refractivity contribution < 1.29 is 9.32 Å². The standard InChI is InChI=1S/C9H15N3O2.ClH/c1-4-7(10)9(13)11-8-5(2)12-14-6(8)3;/h7H,4,10H2,1-3H3,(H,11,13);1H/t7-;/m0./s1. The van der Waals surface area contributed by atoms with E-state index in [1.807, 2.05) is 6.92 Å². The highest BCUT2D eigenvalue weighted by molar-refractivity contribution is 5.95. The van der Waals surface area contributed by atoms with Crippen LogP contribution >= 0.6 is 12.4 Å². The number of nitrogens with zero attached hydrogens (tertiary/aromatic N) is 1. The Labute approximate surface area is 94.8 Å². The van der Waals surface area contributed by atoms with E-state index in [0.717, 1.165) is 0 Å². The van der Waals surface area contributed by atoms with E-state index >= 15 is 0 Å². The van der Waals surface area contributed by atoms with Crippen molar-refractivity contribution in [3.8, 4) is 0 Å². The average Bonchev–Trinajstić information content (AvgIpc) is 2.48. The van der Waals surface area contributed by atoms with Crippen LogP contribution in [0.2, 0.25) is 0 Å². The summed E-state index contributed by atoms with van der Waals surface area (Å²) in [6.45, 7) is 5.37. The van der Waals surface area contributed by atoms with Crippen LogP contribution in [0.25, 0.3) is 0 Å². The van der Waals surface area contributed by atoms with E-state index in [1.54, 1.807) is 13.8 Å². The van der Waals surface area contributed by atoms with Gasteiger partial charge in [-0.1, -0.05) is 12.1 Å². The third kappa shape index (κ3) is 3.21. The molecule has 1 aromatic heterocycles. The Hall–Kier alpha value is -1.07. The molecule has 1 atom stereocenters. The molecule has 0 radical (unpaired) electrons. The fourth-order valence-electron chi connectivity index (χ4n) is 1.06. The number of aryl methyl sites for hydroxylation is 2. The summed E-state index contributed by atoms with van der Waals surface area (Å²) in [6.07, 6.45) is 0.606. The molecule has 0 aliphatic carbocycles. The zero-order valence-electron chi connectivity index (χ0n) is 9.03. The Morgan fingerprint density at radius 1 is 1.60 bits per heavy atom. The van der Waals surface area contributed by atoms with Gasteiger partial charge in [-0.25, -0.2) is 0 Å². The molecule has 0 aliphatic heterocycles. The van der Waals surface area contributed by atoms with Gasteiger partial charge >= 0.3 is 0 Å². The molecule has 0 saturated heterocycles. The lowest BCUT2D eigenvalue weighted by molar-refractivity contribution is -0.117. The van der Waals surface area contributed by atoms with Crippen LogP contribution in [0.3, 0.4) is 0 Å². The maximum atomic E-state index is 11.4. The molecule has 0 bridgehead atoms. The summed E-state index contributed by atoms with van der Waals surface area (Å²) in [6, 6.07) is -0.483. The molecule has 1 heterocycles. The molecule has 1 aromatic rings. The van der Waals surface area contributed by atoms with Gasteiger partial charge in [-0.15, -0.1) is 12.4 Å². The van der Waals surface area contributed by atoms with E-state index in [0.29, 0.717) is 23.6 Å². The number of rotatable bonds is 3. The van der Waals surface area contributed by atoms with E-state index in [-0.39, 0.29) is 18.3 Å². The molecular formula is C9H16ClN3O2. The Balaban J connectivity index is 0.00000196. The van der Waals surface area contributed by atoms with Crippen molar-refractivity contribution in [2.24, 2.45) is 5.73 Å². The lowest BCUT2D eigenvalue weighted by Gasteiger charge is -2.08. The van der Waals surface area contributed by atoms with Crippen molar-refractivity contribution in [3.63, 3.8) is 0 Å². The van der Waals surface area contributed by atoms with Crippen LogP contribution in [0.1, 0.15) is 24.8 Å². The van der Waals surface area contributed by atoms with Crippen molar-refractivity contribution >= 4 is 24.0 Å². The maximum Gasteiger partial charge on any atom is 0.241 e. The number of amides is 1. The SMILES string of the molecule is CC[C@H](N)C(=O)Nc1c(C)noc1C.Cl. The minimum Gasteiger partial charge on any atom is -0.359 e. The first kappa shape index (κ1) is 13.9. The molecule has 0 unspecified atom stereocenters. The monoisotopic (exact) mass is 233 g/mol. The molecule has 0 aromatic carbocycles. The third-order valence-corrected chi connectivity index (χ3v) is 2.06. The number of aromatic nitrogens is 1. The van der Waals surface area contributed by atoms with Crippen molar-refractivity contribution in [3.05, 3.63) is 11.5 Å². The van der Waals surface area contributed by atoms with Crippen molar-refractivity contribution in [1.29, 1.82) is 0 Å². The van der Waals surface area contributed by atoms with Crippen LogP contribution in [0, 0.1) is 13.8 Å². The first-order valence-corrected chi connectivity index (χ1v) is 4.55. The highest BCUT2D eigenvalue weighted by atomic mass is 35.5. The Bertz CT molecular complexity index is 319. The number of nitrogens with two attached hydrogens (primary N) is 1. The Morgan fingerprint density at radius 2 is 2.20 bits per heavy atom. The van der Waals surface area contributed by atoms with Crippen LogP contribution in [0.15, 0.2) is 4.52 Å². The van der Waals surface area contributed by atoms with Gasteiger partial charge in [-0.3, -0.25) is 4.79 Å². The molecule has 0 fully saturated rings. The summed E-state index contributed by atoms with van der Waals surface area (Å²) in [5.74, 6) is 0.390. The van der Waals surface area contributed by atoms with Gasteiger partial charge in [-0.05, 0) is 20.3 Å². The van der Waals surface area contributed by atoms with E-state index < -0.39 is 6.04 Å². The van der Waals surface area contributed by atoms with Crippen molar-refractivity contribution in [2.75, 3.05) is 5.32 Å². The second kappa shape index (κ2) is 5.72. The zero-order valence-corrected chi connectivity index (χ0v) is 9.85. The lowest BCUT2D eigenvalue weighted by atomic mass is 10.2. The molecule has 3 N–H and O–H groups in total. The molecule has 15 heavy (non-hydrogen) atoms. The summed E-state index contributed by atoms with van der Waals surface area (Å²) in [7, 11) is 0. The van der Waals surface area contributed by atoms with Gasteiger partial charge in [0, 0.05) is 0 Å². The number of anilines is 1. The number of hydrogen-bond acceptors (Lipinski definition) is 4. The normalized spacial score (nSPS) is 11.7. The highest BCUT2D eigenvalue weighted by Crippen LogP contribution is 2.18. The second-order valence-corrected chi connectivity index (χ2v) is 3.20. The lowest BCUT2D eigenvalue weighted by Crippen LogP contribution is -2.35. The molecule has 1 amide bonds. The number of carbonyl (C=O) groups excluding carboxylic acids is 1. The average molecular weight is 234 g/mol. The minimum absolute atomic E-state index is 0. The van der Waals surface area contributed by atoms with Crippen molar-refractivity contribution in [1.82, 2.24) is 5.16 Å². The third-order valence-electron chi connectivity index (χ3n) is 2.06. The fraction of sp³-hybridized carbons (Fsp3) is 0.556. The van der Waals surface area contributed by atoms with Gasteiger partial charge in [0.25, 0.3) is 0 Å². The van der Waals surface area contributed by atoms with Crippen LogP contribution in [0.4, 0.5) is 5.69 Å². The molecule has 0 spiro atoms. The highest BCUT2D eigenvalue weighted by Gasteiger charge is 2.16. The number of carbonyl (C=O) groups is 1. The molecule has 0 saturated carbocycles. The van der Waals surface area contributed by atoms with Gasteiger partial charge in [0.1, 0.15) is 11.4 Å². The number of halogens is 1. The van der Waals surface area contributed by atoms with E-state index in [9.17, 15) is 4.79 Å². The fourth-order valence-corrected chi connectivity index (χ4v) is 1.06. The quantitative estimate of drug-likeness (QED) is 0.827.